The molecule has 0 aliphatic carbocycles. The number of imide groups is 1. The van der Waals surface area contributed by atoms with Crippen LogP contribution in [0.3, 0.4) is 0 Å². The van der Waals surface area contributed by atoms with E-state index < -0.39 is 0 Å². The number of amides is 2. The van der Waals surface area contributed by atoms with Crippen molar-refractivity contribution < 1.29 is 14.3 Å². The van der Waals surface area contributed by atoms with E-state index in [4.69, 9.17) is 4.74 Å². The highest BCUT2D eigenvalue weighted by atomic mass is 16.5. The van der Waals surface area contributed by atoms with Gasteiger partial charge >= 0.3 is 0 Å². The molecule has 0 aromatic heterocycles. The number of nitrogens with zero attached hydrogens (tertiary/aromatic N) is 1. The highest BCUT2D eigenvalue weighted by molar-refractivity contribution is 5.97. The normalized spacial score (nSPS) is 18.6. The molecular weight excluding hydrogens is 158 g/mol. The van der Waals surface area contributed by atoms with E-state index in [9.17, 15) is 9.59 Å². The second-order valence-corrected chi connectivity index (χ2v) is 2.79. The van der Waals surface area contributed by atoms with E-state index in [1.165, 1.54) is 4.90 Å². The van der Waals surface area contributed by atoms with Gasteiger partial charge in [-0.2, -0.15) is 0 Å². The van der Waals surface area contributed by atoms with Gasteiger partial charge in [0, 0.05) is 20.0 Å². The summed E-state index contributed by atoms with van der Waals surface area (Å²) in [4.78, 5) is 23.6. The third-order valence-corrected chi connectivity index (χ3v) is 1.90. The summed E-state index contributed by atoms with van der Waals surface area (Å²) < 4.78 is 4.80. The van der Waals surface area contributed by atoms with Crippen LogP contribution in [0.15, 0.2) is 0 Å². The lowest BCUT2D eigenvalue weighted by atomic mass is 10.1. The van der Waals surface area contributed by atoms with Crippen LogP contribution in [0.4, 0.5) is 0 Å². The van der Waals surface area contributed by atoms with Crippen molar-refractivity contribution in [2.75, 3.05) is 20.3 Å². The second kappa shape index (κ2) is 4.21. The van der Waals surface area contributed by atoms with Gasteiger partial charge < -0.3 is 4.74 Å². The Bertz CT molecular complexity index is 175. The fourth-order valence-electron chi connectivity index (χ4n) is 1.23. The van der Waals surface area contributed by atoms with Crippen molar-refractivity contribution in [2.45, 2.75) is 19.3 Å². The molecule has 4 nitrogen and oxygen atoms in total. The number of rotatable bonds is 3. The Morgan fingerprint density at radius 2 is 1.92 bits per heavy atom. The Morgan fingerprint density at radius 1 is 1.33 bits per heavy atom. The Hall–Kier alpha value is -0.900. The van der Waals surface area contributed by atoms with Gasteiger partial charge in [0.05, 0.1) is 13.2 Å². The number of ether oxygens (including phenoxy) is 1. The average molecular weight is 171 g/mol. The number of piperidine rings is 1. The van der Waals surface area contributed by atoms with E-state index in [0.29, 0.717) is 32.4 Å². The number of hydrogen-bond donors (Lipinski definition) is 0. The Labute approximate surface area is 71.5 Å². The molecule has 4 heteroatoms. The third kappa shape index (κ3) is 2.04. The van der Waals surface area contributed by atoms with E-state index in [0.717, 1.165) is 0 Å². The van der Waals surface area contributed by atoms with E-state index >= 15 is 0 Å². The molecule has 0 unspecified atom stereocenters. The molecule has 1 heterocycles. The largest absolute Gasteiger partial charge is 0.383 e. The molecule has 0 aromatic carbocycles. The van der Waals surface area contributed by atoms with Crippen LogP contribution < -0.4 is 0 Å². The minimum absolute atomic E-state index is 0.0664. The lowest BCUT2D eigenvalue weighted by molar-refractivity contribution is -0.148. The molecule has 1 rings (SSSR count). The van der Waals surface area contributed by atoms with Crippen molar-refractivity contribution in [3.8, 4) is 0 Å². The number of methoxy groups -OCH3 is 1. The number of carbonyl (C=O) groups excluding carboxylic acids is 2. The zero-order valence-corrected chi connectivity index (χ0v) is 7.21. The van der Waals surface area contributed by atoms with Crippen LogP contribution in [-0.4, -0.2) is 37.0 Å². The summed E-state index contributed by atoms with van der Waals surface area (Å²) in [7, 11) is 1.55. The molecule has 12 heavy (non-hydrogen) atoms. The highest BCUT2D eigenvalue weighted by Gasteiger charge is 2.24. The first-order valence-electron chi connectivity index (χ1n) is 4.08. The van der Waals surface area contributed by atoms with E-state index in [2.05, 4.69) is 0 Å². The van der Waals surface area contributed by atoms with Gasteiger partial charge in [0.25, 0.3) is 0 Å². The van der Waals surface area contributed by atoms with Gasteiger partial charge in [-0.3, -0.25) is 14.5 Å². The van der Waals surface area contributed by atoms with Crippen LogP contribution in [0.1, 0.15) is 19.3 Å². The van der Waals surface area contributed by atoms with Crippen molar-refractivity contribution in [1.82, 2.24) is 4.90 Å². The van der Waals surface area contributed by atoms with Gasteiger partial charge in [-0.05, 0) is 6.42 Å². The third-order valence-electron chi connectivity index (χ3n) is 1.90. The minimum atomic E-state index is -0.0664. The van der Waals surface area contributed by atoms with Gasteiger partial charge in [0.2, 0.25) is 11.8 Å². The first kappa shape index (κ1) is 9.19. The standard InChI is InChI=1S/C8H13NO3/c1-12-6-5-9-7(10)3-2-4-8(9)11/h2-6H2,1H3. The Kier molecular flexibility index (Phi) is 3.22. The maximum atomic E-state index is 11.2. The van der Waals surface area contributed by atoms with Crippen LogP contribution >= 0.6 is 0 Å². The first-order chi connectivity index (χ1) is 5.75. The predicted molar refractivity (Wildman–Crippen MR) is 42.4 cm³/mol. The van der Waals surface area contributed by atoms with Crippen LogP contribution in [0.25, 0.3) is 0 Å². The summed E-state index contributed by atoms with van der Waals surface area (Å²) in [6.07, 6.45) is 1.69. The summed E-state index contributed by atoms with van der Waals surface area (Å²) >= 11 is 0. The molecule has 1 aliphatic heterocycles. The molecule has 0 bridgehead atoms. The molecule has 68 valence electrons. The topological polar surface area (TPSA) is 46.6 Å². The van der Waals surface area contributed by atoms with Gasteiger partial charge in [0.1, 0.15) is 0 Å². The maximum Gasteiger partial charge on any atom is 0.229 e. The van der Waals surface area contributed by atoms with Gasteiger partial charge in [-0.25, -0.2) is 0 Å². The van der Waals surface area contributed by atoms with Crippen molar-refractivity contribution >= 4 is 11.8 Å². The molecule has 0 atom stereocenters. The zero-order valence-electron chi connectivity index (χ0n) is 7.21. The van der Waals surface area contributed by atoms with Crippen molar-refractivity contribution in [3.05, 3.63) is 0 Å². The molecule has 1 fully saturated rings. The molecule has 0 N–H and O–H groups in total. The molecule has 0 spiro atoms. The van der Waals surface area contributed by atoms with Crippen molar-refractivity contribution in [1.29, 1.82) is 0 Å². The van der Waals surface area contributed by atoms with Gasteiger partial charge in [-0.15, -0.1) is 0 Å². The summed E-state index contributed by atoms with van der Waals surface area (Å²) in [5.74, 6) is -0.133. The lowest BCUT2D eigenvalue weighted by Crippen LogP contribution is -2.41. The fraction of sp³-hybridized carbons (Fsp3) is 0.750. The van der Waals surface area contributed by atoms with E-state index in [1.807, 2.05) is 0 Å². The maximum absolute atomic E-state index is 11.2. The van der Waals surface area contributed by atoms with Crippen molar-refractivity contribution in [2.24, 2.45) is 0 Å². The molecule has 0 aromatic rings. The van der Waals surface area contributed by atoms with Crippen molar-refractivity contribution in [3.63, 3.8) is 0 Å². The summed E-state index contributed by atoms with van der Waals surface area (Å²) in [6.45, 7) is 0.825. The molecular formula is C8H13NO3. The van der Waals surface area contributed by atoms with E-state index in [-0.39, 0.29) is 11.8 Å². The average Bonchev–Trinajstić information content (AvgIpc) is 2.04. The zero-order chi connectivity index (χ0) is 8.97. The molecule has 2 amide bonds. The summed E-state index contributed by atoms with van der Waals surface area (Å²) in [5, 5.41) is 0. The number of likely N-dealkylation sites (tertiary alicyclic amines) is 1. The first-order valence-corrected chi connectivity index (χ1v) is 4.08. The predicted octanol–water partition coefficient (Wildman–Crippen LogP) is 0.172. The lowest BCUT2D eigenvalue weighted by Gasteiger charge is -2.24. The van der Waals surface area contributed by atoms with Crippen LogP contribution in [0.5, 0.6) is 0 Å². The molecule has 1 aliphatic rings. The molecule has 0 radical (unpaired) electrons. The molecule has 1 saturated heterocycles. The summed E-state index contributed by atoms with van der Waals surface area (Å²) in [5.41, 5.74) is 0. The quantitative estimate of drug-likeness (QED) is 0.569. The van der Waals surface area contributed by atoms with Crippen LogP contribution in [-0.2, 0) is 14.3 Å². The van der Waals surface area contributed by atoms with Crippen LogP contribution in [0.2, 0.25) is 0 Å². The Morgan fingerprint density at radius 3 is 2.42 bits per heavy atom. The summed E-state index contributed by atoms with van der Waals surface area (Å²) in [6, 6.07) is 0. The SMILES string of the molecule is COCCN1C(=O)CCCC1=O. The van der Waals surface area contributed by atoms with Crippen LogP contribution in [0, 0.1) is 0 Å². The monoisotopic (exact) mass is 171 g/mol. The van der Waals surface area contributed by atoms with Gasteiger partial charge in [-0.1, -0.05) is 0 Å². The fourth-order valence-corrected chi connectivity index (χ4v) is 1.23. The Balaban J connectivity index is 2.45. The number of carbonyl (C=O) groups is 2. The molecule has 0 saturated carbocycles. The van der Waals surface area contributed by atoms with Gasteiger partial charge in [0.15, 0.2) is 0 Å². The van der Waals surface area contributed by atoms with E-state index in [1.54, 1.807) is 7.11 Å². The number of hydrogen-bond acceptors (Lipinski definition) is 3. The smallest absolute Gasteiger partial charge is 0.229 e. The minimum Gasteiger partial charge on any atom is -0.383 e. The second-order valence-electron chi connectivity index (χ2n) is 2.79. The highest BCUT2D eigenvalue weighted by Crippen LogP contribution is 2.11.